The molecular formula is C15H17ClN4O. The fraction of sp³-hybridized carbons (Fsp3) is 0.333. The van der Waals surface area contributed by atoms with Crippen molar-refractivity contribution in [2.24, 2.45) is 7.05 Å². The number of para-hydroxylation sites is 1. The zero-order valence-electron chi connectivity index (χ0n) is 12.2. The summed E-state index contributed by atoms with van der Waals surface area (Å²) in [4.78, 5) is 4.69. The lowest BCUT2D eigenvalue weighted by Crippen LogP contribution is -2.00. The molecule has 0 saturated carbocycles. The summed E-state index contributed by atoms with van der Waals surface area (Å²) in [7, 11) is 1.89. The number of alkyl halides is 1. The maximum Gasteiger partial charge on any atom is 0.147 e. The van der Waals surface area contributed by atoms with Crippen LogP contribution in [0.3, 0.4) is 0 Å². The molecule has 1 atom stereocenters. The lowest BCUT2D eigenvalue weighted by molar-refractivity contribution is 0.343. The molecule has 2 heterocycles. The molecule has 0 amide bonds. The fourth-order valence-corrected chi connectivity index (χ4v) is 2.57. The fourth-order valence-electron chi connectivity index (χ4n) is 2.43. The quantitative estimate of drug-likeness (QED) is 0.693. The number of imidazole rings is 1. The van der Waals surface area contributed by atoms with Crippen molar-refractivity contribution < 1.29 is 4.74 Å². The molecule has 5 nitrogen and oxygen atoms in total. The summed E-state index contributed by atoms with van der Waals surface area (Å²) in [5, 5.41) is 4.02. The van der Waals surface area contributed by atoms with Gasteiger partial charge in [0.2, 0.25) is 0 Å². The first-order valence-corrected chi connectivity index (χ1v) is 7.32. The van der Waals surface area contributed by atoms with Gasteiger partial charge in [-0.05, 0) is 26.0 Å². The van der Waals surface area contributed by atoms with Crippen LogP contribution in [-0.4, -0.2) is 25.9 Å². The lowest BCUT2D eigenvalue weighted by Gasteiger charge is -2.08. The van der Waals surface area contributed by atoms with Gasteiger partial charge in [0, 0.05) is 13.2 Å². The van der Waals surface area contributed by atoms with E-state index in [4.69, 9.17) is 16.3 Å². The van der Waals surface area contributed by atoms with E-state index in [9.17, 15) is 0 Å². The second-order valence-electron chi connectivity index (χ2n) is 4.85. The van der Waals surface area contributed by atoms with Crippen molar-refractivity contribution in [1.29, 1.82) is 0 Å². The van der Waals surface area contributed by atoms with E-state index in [-0.39, 0.29) is 5.38 Å². The molecule has 3 rings (SSSR count). The standard InChI is InChI=1S/C15H17ClN4O/c1-4-21-13-7-5-6-12-14(13)18-15(10(2)16)20(12)11-8-17-19(3)9-11/h5-10H,4H2,1-3H3. The number of benzene rings is 1. The smallest absolute Gasteiger partial charge is 0.147 e. The minimum absolute atomic E-state index is 0.216. The van der Waals surface area contributed by atoms with Crippen LogP contribution in [0.4, 0.5) is 0 Å². The van der Waals surface area contributed by atoms with Crippen LogP contribution < -0.4 is 4.74 Å². The molecule has 3 aromatic rings. The van der Waals surface area contributed by atoms with Gasteiger partial charge in [-0.3, -0.25) is 9.25 Å². The number of fused-ring (bicyclic) bond motifs is 1. The molecule has 0 bridgehead atoms. The number of hydrogen-bond acceptors (Lipinski definition) is 3. The largest absolute Gasteiger partial charge is 0.492 e. The Hall–Kier alpha value is -2.01. The molecule has 0 saturated heterocycles. The van der Waals surface area contributed by atoms with E-state index < -0.39 is 0 Å². The second-order valence-corrected chi connectivity index (χ2v) is 5.51. The van der Waals surface area contributed by atoms with Gasteiger partial charge in [-0.25, -0.2) is 4.98 Å². The highest BCUT2D eigenvalue weighted by atomic mass is 35.5. The molecule has 1 aromatic carbocycles. The van der Waals surface area contributed by atoms with E-state index in [0.717, 1.165) is 28.3 Å². The van der Waals surface area contributed by atoms with E-state index in [1.807, 2.05) is 49.9 Å². The van der Waals surface area contributed by atoms with Gasteiger partial charge in [-0.2, -0.15) is 5.10 Å². The van der Waals surface area contributed by atoms with Crippen molar-refractivity contribution in [3.8, 4) is 11.4 Å². The van der Waals surface area contributed by atoms with Crippen LogP contribution in [-0.2, 0) is 7.05 Å². The van der Waals surface area contributed by atoms with E-state index in [2.05, 4.69) is 10.1 Å². The van der Waals surface area contributed by atoms with Gasteiger partial charge in [0.05, 0.1) is 29.4 Å². The number of nitrogens with zero attached hydrogens (tertiary/aromatic N) is 4. The molecule has 110 valence electrons. The summed E-state index contributed by atoms with van der Waals surface area (Å²) >= 11 is 6.31. The third-order valence-corrected chi connectivity index (χ3v) is 3.47. The number of ether oxygens (including phenoxy) is 1. The van der Waals surface area contributed by atoms with Crippen LogP contribution in [0.5, 0.6) is 5.75 Å². The highest BCUT2D eigenvalue weighted by Crippen LogP contribution is 2.32. The van der Waals surface area contributed by atoms with Gasteiger partial charge in [-0.15, -0.1) is 11.6 Å². The van der Waals surface area contributed by atoms with Crippen molar-refractivity contribution in [3.63, 3.8) is 0 Å². The molecule has 21 heavy (non-hydrogen) atoms. The molecule has 0 fully saturated rings. The van der Waals surface area contributed by atoms with Crippen molar-refractivity contribution in [2.75, 3.05) is 6.61 Å². The number of aromatic nitrogens is 4. The summed E-state index contributed by atoms with van der Waals surface area (Å²) < 4.78 is 9.46. The summed E-state index contributed by atoms with van der Waals surface area (Å²) in [6.45, 7) is 4.47. The molecule has 0 aliphatic rings. The maximum atomic E-state index is 6.31. The van der Waals surface area contributed by atoms with Crippen LogP contribution in [0.2, 0.25) is 0 Å². The average Bonchev–Trinajstić information content (AvgIpc) is 3.03. The van der Waals surface area contributed by atoms with Gasteiger partial charge in [0.15, 0.2) is 0 Å². The zero-order chi connectivity index (χ0) is 15.0. The molecule has 0 N–H and O–H groups in total. The van der Waals surface area contributed by atoms with Crippen LogP contribution in [0.25, 0.3) is 16.7 Å². The summed E-state index contributed by atoms with van der Waals surface area (Å²) in [6, 6.07) is 5.90. The van der Waals surface area contributed by atoms with Gasteiger partial charge >= 0.3 is 0 Å². The Morgan fingerprint density at radius 2 is 2.19 bits per heavy atom. The van der Waals surface area contributed by atoms with E-state index in [1.54, 1.807) is 10.9 Å². The molecule has 0 aliphatic carbocycles. The van der Waals surface area contributed by atoms with Crippen molar-refractivity contribution >= 4 is 22.6 Å². The zero-order valence-corrected chi connectivity index (χ0v) is 13.0. The number of halogens is 1. The van der Waals surface area contributed by atoms with Gasteiger partial charge in [-0.1, -0.05) is 6.07 Å². The SMILES string of the molecule is CCOc1cccc2c1nc(C(C)Cl)n2-c1cnn(C)c1. The Kier molecular flexibility index (Phi) is 3.59. The molecule has 6 heteroatoms. The van der Waals surface area contributed by atoms with Gasteiger partial charge < -0.3 is 4.74 Å². The van der Waals surface area contributed by atoms with Crippen LogP contribution in [0.1, 0.15) is 25.0 Å². The van der Waals surface area contributed by atoms with Gasteiger partial charge in [0.25, 0.3) is 0 Å². The van der Waals surface area contributed by atoms with E-state index in [0.29, 0.717) is 6.61 Å². The Morgan fingerprint density at radius 1 is 1.38 bits per heavy atom. The Morgan fingerprint density at radius 3 is 2.81 bits per heavy atom. The monoisotopic (exact) mass is 304 g/mol. The summed E-state index contributed by atoms with van der Waals surface area (Å²) in [6.07, 6.45) is 3.74. The highest BCUT2D eigenvalue weighted by Gasteiger charge is 2.19. The Labute approximate surface area is 128 Å². The van der Waals surface area contributed by atoms with Crippen LogP contribution >= 0.6 is 11.6 Å². The van der Waals surface area contributed by atoms with E-state index in [1.165, 1.54) is 0 Å². The summed E-state index contributed by atoms with van der Waals surface area (Å²) in [5.41, 5.74) is 2.73. The first-order valence-electron chi connectivity index (χ1n) is 6.89. The molecule has 2 aromatic heterocycles. The first kappa shape index (κ1) is 13.9. The maximum absolute atomic E-state index is 6.31. The topological polar surface area (TPSA) is 44.9 Å². The number of aryl methyl sites for hydroxylation is 1. The van der Waals surface area contributed by atoms with E-state index >= 15 is 0 Å². The third-order valence-electron chi connectivity index (χ3n) is 3.28. The predicted octanol–water partition coefficient (Wildman–Crippen LogP) is 3.46. The molecule has 1 unspecified atom stereocenters. The normalized spacial score (nSPS) is 12.8. The minimum Gasteiger partial charge on any atom is -0.492 e. The molecule has 0 spiro atoms. The van der Waals surface area contributed by atoms with Gasteiger partial charge in [0.1, 0.15) is 17.1 Å². The number of rotatable bonds is 4. The van der Waals surface area contributed by atoms with Crippen molar-refractivity contribution in [3.05, 3.63) is 36.4 Å². The first-order chi connectivity index (χ1) is 10.1. The molecule has 0 radical (unpaired) electrons. The Bertz CT molecular complexity index is 775. The number of hydrogen-bond donors (Lipinski definition) is 0. The predicted molar refractivity (Wildman–Crippen MR) is 83.3 cm³/mol. The Balaban J connectivity index is 2.30. The minimum atomic E-state index is -0.216. The van der Waals surface area contributed by atoms with Crippen LogP contribution in [0, 0.1) is 0 Å². The van der Waals surface area contributed by atoms with Crippen molar-refractivity contribution in [2.45, 2.75) is 19.2 Å². The average molecular weight is 305 g/mol. The van der Waals surface area contributed by atoms with Crippen molar-refractivity contribution in [1.82, 2.24) is 19.3 Å². The lowest BCUT2D eigenvalue weighted by atomic mass is 10.3. The molecular weight excluding hydrogens is 288 g/mol. The molecule has 0 aliphatic heterocycles. The second kappa shape index (κ2) is 5.41. The summed E-state index contributed by atoms with van der Waals surface area (Å²) in [5.74, 6) is 1.56. The third kappa shape index (κ3) is 2.38. The highest BCUT2D eigenvalue weighted by molar-refractivity contribution is 6.20. The van der Waals surface area contributed by atoms with Crippen LogP contribution in [0.15, 0.2) is 30.6 Å².